The first-order valence-electron chi connectivity index (χ1n) is 9.34. The summed E-state index contributed by atoms with van der Waals surface area (Å²) in [6.45, 7) is 3.92. The first-order valence-corrected chi connectivity index (χ1v) is 9.71. The van der Waals surface area contributed by atoms with Crippen LogP contribution in [-0.4, -0.2) is 40.1 Å². The molecule has 0 unspecified atom stereocenters. The summed E-state index contributed by atoms with van der Waals surface area (Å²) in [5.41, 5.74) is 3.94. The van der Waals surface area contributed by atoms with E-state index in [1.54, 1.807) is 42.2 Å². The number of hydrogen-bond acceptors (Lipinski definition) is 3. The minimum Gasteiger partial charge on any atom is -0.332 e. The molecule has 0 aliphatic rings. The second kappa shape index (κ2) is 8.92. The molecule has 3 aromatic rings. The van der Waals surface area contributed by atoms with Crippen LogP contribution in [0.2, 0.25) is 5.02 Å². The van der Waals surface area contributed by atoms with Crippen molar-refractivity contribution in [3.05, 3.63) is 76.6 Å². The van der Waals surface area contributed by atoms with Crippen molar-refractivity contribution in [2.75, 3.05) is 18.9 Å². The van der Waals surface area contributed by atoms with Crippen molar-refractivity contribution in [3.63, 3.8) is 0 Å². The molecule has 7 heteroatoms. The van der Waals surface area contributed by atoms with Gasteiger partial charge in [-0.15, -0.1) is 0 Å². The van der Waals surface area contributed by atoms with Gasteiger partial charge in [0.15, 0.2) is 0 Å². The van der Waals surface area contributed by atoms with Gasteiger partial charge in [-0.25, -0.2) is 4.68 Å². The molecule has 2 aromatic carbocycles. The second-order valence-corrected chi connectivity index (χ2v) is 7.26. The van der Waals surface area contributed by atoms with Crippen LogP contribution < -0.4 is 5.32 Å². The zero-order valence-electron chi connectivity index (χ0n) is 16.6. The number of carbonyl (C=O) groups is 2. The molecule has 0 saturated heterocycles. The van der Waals surface area contributed by atoms with Gasteiger partial charge in [0.25, 0.3) is 5.91 Å². The Morgan fingerprint density at radius 2 is 1.90 bits per heavy atom. The number of carbonyl (C=O) groups excluding carboxylic acids is 2. The molecule has 0 radical (unpaired) electrons. The highest BCUT2D eigenvalue weighted by atomic mass is 35.5. The number of halogens is 1. The van der Waals surface area contributed by atoms with Crippen LogP contribution in [0.25, 0.3) is 5.69 Å². The summed E-state index contributed by atoms with van der Waals surface area (Å²) in [5, 5.41) is 7.68. The van der Waals surface area contributed by atoms with E-state index in [9.17, 15) is 9.59 Å². The van der Waals surface area contributed by atoms with E-state index in [2.05, 4.69) is 10.4 Å². The smallest absolute Gasteiger partial charge is 0.257 e. The van der Waals surface area contributed by atoms with Crippen molar-refractivity contribution < 1.29 is 9.59 Å². The molecule has 0 bridgehead atoms. The van der Waals surface area contributed by atoms with E-state index in [1.807, 2.05) is 38.1 Å². The Morgan fingerprint density at radius 3 is 2.55 bits per heavy atom. The number of likely N-dealkylation sites (N-methyl/N-ethyl adjacent to an activating group) is 1. The summed E-state index contributed by atoms with van der Waals surface area (Å²) in [5.74, 6) is -0.548. The minimum atomic E-state index is -0.299. The fraction of sp³-hybridized carbons (Fsp3) is 0.227. The third-order valence-corrected chi connectivity index (χ3v) is 4.78. The van der Waals surface area contributed by atoms with Gasteiger partial charge in [0.1, 0.15) is 0 Å². The fourth-order valence-corrected chi connectivity index (χ4v) is 3.25. The molecule has 0 atom stereocenters. The number of hydrogen-bond donors (Lipinski definition) is 1. The maximum absolute atomic E-state index is 12.9. The molecule has 0 aliphatic heterocycles. The topological polar surface area (TPSA) is 67.2 Å². The Bertz CT molecular complexity index is 1030. The third-order valence-electron chi connectivity index (χ3n) is 4.55. The van der Waals surface area contributed by atoms with Crippen molar-refractivity contribution >= 4 is 29.1 Å². The molecule has 2 amide bonds. The van der Waals surface area contributed by atoms with Crippen LogP contribution >= 0.6 is 11.6 Å². The average molecular weight is 411 g/mol. The minimum absolute atomic E-state index is 0.0792. The highest BCUT2D eigenvalue weighted by molar-refractivity contribution is 6.30. The molecular weight excluding hydrogens is 388 g/mol. The SMILES string of the molecule is CCc1c(C(=O)N(C)CC(=O)Nc2cccc(Cl)c2)cnn1-c1ccc(C)cc1. The van der Waals surface area contributed by atoms with Crippen molar-refractivity contribution in [1.82, 2.24) is 14.7 Å². The van der Waals surface area contributed by atoms with Gasteiger partial charge < -0.3 is 10.2 Å². The van der Waals surface area contributed by atoms with E-state index in [-0.39, 0.29) is 18.4 Å². The van der Waals surface area contributed by atoms with Crippen molar-refractivity contribution in [2.45, 2.75) is 20.3 Å². The quantitative estimate of drug-likeness (QED) is 0.665. The summed E-state index contributed by atoms with van der Waals surface area (Å²) in [7, 11) is 1.60. The van der Waals surface area contributed by atoms with Crippen molar-refractivity contribution in [2.24, 2.45) is 0 Å². The lowest BCUT2D eigenvalue weighted by Gasteiger charge is -2.17. The van der Waals surface area contributed by atoms with E-state index in [0.29, 0.717) is 22.7 Å². The molecule has 6 nitrogen and oxygen atoms in total. The van der Waals surface area contributed by atoms with Crippen LogP contribution in [0.5, 0.6) is 0 Å². The Morgan fingerprint density at radius 1 is 1.17 bits per heavy atom. The van der Waals surface area contributed by atoms with E-state index >= 15 is 0 Å². The van der Waals surface area contributed by atoms with Gasteiger partial charge in [0.05, 0.1) is 29.7 Å². The average Bonchev–Trinajstić information content (AvgIpc) is 3.11. The molecule has 0 aliphatic carbocycles. The van der Waals surface area contributed by atoms with Gasteiger partial charge in [0.2, 0.25) is 5.91 Å². The second-order valence-electron chi connectivity index (χ2n) is 6.83. The highest BCUT2D eigenvalue weighted by Crippen LogP contribution is 2.18. The van der Waals surface area contributed by atoms with Crippen molar-refractivity contribution in [1.29, 1.82) is 0 Å². The van der Waals surface area contributed by atoms with E-state index in [4.69, 9.17) is 11.6 Å². The number of amides is 2. The molecule has 1 heterocycles. The molecule has 0 fully saturated rings. The van der Waals surface area contributed by atoms with Gasteiger partial charge in [-0.2, -0.15) is 5.10 Å². The first-order chi connectivity index (χ1) is 13.9. The maximum Gasteiger partial charge on any atom is 0.257 e. The molecule has 3 rings (SSSR count). The van der Waals surface area contributed by atoms with Crippen LogP contribution in [0.1, 0.15) is 28.5 Å². The third kappa shape index (κ3) is 4.84. The summed E-state index contributed by atoms with van der Waals surface area (Å²) in [6, 6.07) is 14.8. The molecule has 0 saturated carbocycles. The van der Waals surface area contributed by atoms with E-state index in [0.717, 1.165) is 16.9 Å². The molecule has 29 heavy (non-hydrogen) atoms. The van der Waals surface area contributed by atoms with Gasteiger partial charge in [-0.3, -0.25) is 9.59 Å². The molecular formula is C22H23ClN4O2. The predicted molar refractivity (Wildman–Crippen MR) is 115 cm³/mol. The highest BCUT2D eigenvalue weighted by Gasteiger charge is 2.21. The van der Waals surface area contributed by atoms with Crippen molar-refractivity contribution in [3.8, 4) is 5.69 Å². The molecule has 1 N–H and O–H groups in total. The summed E-state index contributed by atoms with van der Waals surface area (Å²) in [6.07, 6.45) is 2.20. The van der Waals surface area contributed by atoms with Gasteiger partial charge in [-0.05, 0) is 43.7 Å². The normalized spacial score (nSPS) is 10.6. The summed E-state index contributed by atoms with van der Waals surface area (Å²) >= 11 is 5.93. The maximum atomic E-state index is 12.9. The number of aryl methyl sites for hydroxylation is 1. The van der Waals surface area contributed by atoms with Gasteiger partial charge >= 0.3 is 0 Å². The monoisotopic (exact) mass is 410 g/mol. The number of aromatic nitrogens is 2. The Kier molecular flexibility index (Phi) is 6.34. The Hall–Kier alpha value is -3.12. The first kappa shape index (κ1) is 20.6. The fourth-order valence-electron chi connectivity index (χ4n) is 3.06. The van der Waals surface area contributed by atoms with E-state index in [1.165, 1.54) is 4.90 Å². The van der Waals surface area contributed by atoms with Crippen LogP contribution in [0.15, 0.2) is 54.7 Å². The Balaban J connectivity index is 1.74. The number of nitrogens with zero attached hydrogens (tertiary/aromatic N) is 3. The lowest BCUT2D eigenvalue weighted by Crippen LogP contribution is -2.35. The standard InChI is InChI=1S/C22H23ClN4O2/c1-4-20-19(13-24-27(20)18-10-8-15(2)9-11-18)22(29)26(3)14-21(28)25-17-7-5-6-16(23)12-17/h5-13H,4,14H2,1-3H3,(H,25,28). The van der Waals surface area contributed by atoms with Gasteiger partial charge in [0, 0.05) is 17.8 Å². The Labute approximate surface area is 175 Å². The zero-order valence-corrected chi connectivity index (χ0v) is 17.4. The molecule has 1 aromatic heterocycles. The lowest BCUT2D eigenvalue weighted by atomic mass is 10.1. The molecule has 0 spiro atoms. The summed E-state index contributed by atoms with van der Waals surface area (Å²) in [4.78, 5) is 26.6. The van der Waals surface area contributed by atoms with E-state index < -0.39 is 0 Å². The zero-order chi connectivity index (χ0) is 21.0. The number of rotatable bonds is 6. The van der Waals surface area contributed by atoms with Crippen LogP contribution in [0, 0.1) is 6.92 Å². The lowest BCUT2D eigenvalue weighted by molar-refractivity contribution is -0.116. The van der Waals surface area contributed by atoms with Gasteiger partial charge in [-0.1, -0.05) is 42.3 Å². The number of benzene rings is 2. The number of nitrogens with one attached hydrogen (secondary N) is 1. The molecule has 150 valence electrons. The number of anilines is 1. The summed E-state index contributed by atoms with van der Waals surface area (Å²) < 4.78 is 1.77. The predicted octanol–water partition coefficient (Wildman–Crippen LogP) is 4.11. The van der Waals surface area contributed by atoms with Crippen LogP contribution in [0.4, 0.5) is 5.69 Å². The largest absolute Gasteiger partial charge is 0.332 e. The van der Waals surface area contributed by atoms with Crippen LogP contribution in [0.3, 0.4) is 0 Å². The van der Waals surface area contributed by atoms with Crippen LogP contribution in [-0.2, 0) is 11.2 Å².